The van der Waals surface area contributed by atoms with E-state index >= 15 is 0 Å². The Balaban J connectivity index is 1.43. The van der Waals surface area contributed by atoms with Crippen LogP contribution in [0.5, 0.6) is 0 Å². The van der Waals surface area contributed by atoms with Gasteiger partial charge in [0, 0.05) is 0 Å². The number of hydrogen-bond donors (Lipinski definition) is 1. The van der Waals surface area contributed by atoms with Crippen LogP contribution in [-0.4, -0.2) is 49.5 Å². The van der Waals surface area contributed by atoms with Gasteiger partial charge < -0.3 is 10.0 Å². The number of aromatic nitrogens is 2. The second-order valence-electron chi connectivity index (χ2n) is 13.7. The molecule has 0 aliphatic heterocycles. The predicted molar refractivity (Wildman–Crippen MR) is 149 cm³/mol. The standard InChI is InChI=1S/C31H32ClF6N3O4/c1-26(2)21-7-4-8-29(21,26)40(16-20(42)22-18(30(33,34)35)5-3-6-19(22)32)24(43)17-15-39-41(23(17)31(36,37)38)28-12-9-27(10-13-28,11-14-28)25(44)45/h3,5-6,15,21H,4,7-14,16H2,1-2H3,(H,44,45). The third-order valence-corrected chi connectivity index (χ3v) is 11.8. The maximum absolute atomic E-state index is 14.9. The van der Waals surface area contributed by atoms with E-state index < -0.39 is 85.9 Å². The molecule has 2 unspecified atom stereocenters. The molecule has 5 aliphatic carbocycles. The molecule has 1 amide bonds. The van der Waals surface area contributed by atoms with Gasteiger partial charge in [-0.3, -0.25) is 19.1 Å². The molecule has 5 saturated carbocycles. The van der Waals surface area contributed by atoms with Gasteiger partial charge in [0.05, 0.1) is 50.9 Å². The average Bonchev–Trinajstić information content (AvgIpc) is 3.42. The minimum Gasteiger partial charge on any atom is -0.481 e. The van der Waals surface area contributed by atoms with Crippen molar-refractivity contribution in [1.29, 1.82) is 0 Å². The fourth-order valence-corrected chi connectivity index (χ4v) is 9.31. The molecule has 2 bridgehead atoms. The fourth-order valence-electron chi connectivity index (χ4n) is 9.03. The van der Waals surface area contributed by atoms with Crippen molar-refractivity contribution in [3.8, 4) is 0 Å². The van der Waals surface area contributed by atoms with Gasteiger partial charge in [-0.15, -0.1) is 0 Å². The highest BCUT2D eigenvalue weighted by Crippen LogP contribution is 2.73. The molecular weight excluding hydrogens is 628 g/mol. The number of ketones is 1. The highest BCUT2D eigenvalue weighted by molar-refractivity contribution is 6.34. The summed E-state index contributed by atoms with van der Waals surface area (Å²) in [6.45, 7) is 2.77. The average molecular weight is 660 g/mol. The first-order valence-corrected chi connectivity index (χ1v) is 15.3. The minimum atomic E-state index is -5.05. The van der Waals surface area contributed by atoms with Crippen molar-refractivity contribution >= 4 is 29.3 Å². The van der Waals surface area contributed by atoms with Gasteiger partial charge in [-0.2, -0.15) is 31.4 Å². The van der Waals surface area contributed by atoms with Crippen LogP contribution < -0.4 is 0 Å². The summed E-state index contributed by atoms with van der Waals surface area (Å²) in [5, 5.41) is 13.4. The summed E-state index contributed by atoms with van der Waals surface area (Å²) in [4.78, 5) is 41.0. The number of carboxylic acid groups (broad SMARTS) is 1. The highest BCUT2D eigenvalue weighted by Gasteiger charge is 2.76. The zero-order chi connectivity index (χ0) is 33.0. The van der Waals surface area contributed by atoms with Crippen LogP contribution >= 0.6 is 11.6 Å². The summed E-state index contributed by atoms with van der Waals surface area (Å²) < 4.78 is 87.3. The Morgan fingerprint density at radius 2 is 1.62 bits per heavy atom. The largest absolute Gasteiger partial charge is 0.481 e. The van der Waals surface area contributed by atoms with Gasteiger partial charge in [-0.1, -0.05) is 37.9 Å². The molecule has 0 radical (unpaired) electrons. The van der Waals surface area contributed by atoms with Crippen LogP contribution in [0.25, 0.3) is 0 Å². The first-order chi connectivity index (χ1) is 20.8. The van der Waals surface area contributed by atoms with Crippen LogP contribution in [0.15, 0.2) is 24.4 Å². The molecule has 5 aliphatic rings. The van der Waals surface area contributed by atoms with Gasteiger partial charge in [0.15, 0.2) is 11.5 Å². The smallest absolute Gasteiger partial charge is 0.433 e. The molecule has 14 heteroatoms. The van der Waals surface area contributed by atoms with Crippen LogP contribution in [-0.2, 0) is 22.7 Å². The molecule has 2 atom stereocenters. The molecule has 1 aromatic heterocycles. The molecule has 7 rings (SSSR count). The number of carbonyl (C=O) groups is 3. The highest BCUT2D eigenvalue weighted by atomic mass is 35.5. The molecule has 2 aromatic rings. The first kappa shape index (κ1) is 31.9. The van der Waals surface area contributed by atoms with E-state index in [9.17, 15) is 45.8 Å². The van der Waals surface area contributed by atoms with Crippen molar-refractivity contribution in [3.05, 3.63) is 51.8 Å². The lowest BCUT2D eigenvalue weighted by atomic mass is 9.57. The molecular formula is C31H32ClF6N3O4. The summed E-state index contributed by atoms with van der Waals surface area (Å²) in [6, 6.07) is 2.86. The van der Waals surface area contributed by atoms with E-state index in [1.54, 1.807) is 0 Å². The quantitative estimate of drug-likeness (QED) is 0.244. The third kappa shape index (κ3) is 4.53. The number of halogens is 7. The minimum absolute atomic E-state index is 0.131. The number of carboxylic acids is 1. The summed E-state index contributed by atoms with van der Waals surface area (Å²) in [6.07, 6.45) is -6.63. The molecule has 244 valence electrons. The van der Waals surface area contributed by atoms with Crippen molar-refractivity contribution in [2.45, 2.75) is 95.1 Å². The molecule has 0 spiro atoms. The Hall–Kier alpha value is -3.09. The van der Waals surface area contributed by atoms with Crippen LogP contribution in [0.1, 0.15) is 104 Å². The number of fused-ring (bicyclic) bond motifs is 4. The lowest BCUT2D eigenvalue weighted by Crippen LogP contribution is -2.52. The van der Waals surface area contributed by atoms with Gasteiger partial charge in [-0.05, 0) is 74.8 Å². The Bertz CT molecular complexity index is 1570. The van der Waals surface area contributed by atoms with Crippen LogP contribution in [0.4, 0.5) is 26.3 Å². The zero-order valence-electron chi connectivity index (χ0n) is 24.6. The molecule has 1 heterocycles. The summed E-state index contributed by atoms with van der Waals surface area (Å²) in [5.74, 6) is -3.41. The number of rotatable bonds is 7. The van der Waals surface area contributed by atoms with Crippen LogP contribution in [0.3, 0.4) is 0 Å². The Morgan fingerprint density at radius 1 is 1.00 bits per heavy atom. The van der Waals surface area contributed by atoms with E-state index in [4.69, 9.17) is 11.6 Å². The lowest BCUT2D eigenvalue weighted by Gasteiger charge is -2.51. The zero-order valence-corrected chi connectivity index (χ0v) is 25.4. The number of amides is 1. The molecule has 1 N–H and O–H groups in total. The number of Topliss-reactive ketones (excluding diaryl/α,β-unsaturated/α-hetero) is 1. The van der Waals surface area contributed by atoms with E-state index in [0.29, 0.717) is 25.3 Å². The predicted octanol–water partition coefficient (Wildman–Crippen LogP) is 7.61. The fraction of sp³-hybridized carbons (Fsp3) is 0.613. The van der Waals surface area contributed by atoms with Gasteiger partial charge in [0.1, 0.15) is 0 Å². The second-order valence-corrected chi connectivity index (χ2v) is 14.1. The number of aliphatic carboxylic acids is 1. The molecule has 1 aromatic carbocycles. The summed E-state index contributed by atoms with van der Waals surface area (Å²) >= 11 is 6.09. The topological polar surface area (TPSA) is 92.5 Å². The van der Waals surface area contributed by atoms with E-state index in [1.807, 2.05) is 13.8 Å². The van der Waals surface area contributed by atoms with Gasteiger partial charge in [0.2, 0.25) is 0 Å². The van der Waals surface area contributed by atoms with Crippen molar-refractivity contribution in [2.75, 3.05) is 6.54 Å². The molecule has 5 fully saturated rings. The Kier molecular flexibility index (Phi) is 7.05. The van der Waals surface area contributed by atoms with E-state index in [0.717, 1.165) is 27.9 Å². The number of hydrogen-bond acceptors (Lipinski definition) is 4. The SMILES string of the molecule is CC1(C)C2CCCC21N(CC(=O)c1c(Cl)cccc1C(F)(F)F)C(=O)c1cnn(C23CCC(C(=O)O)(CC2)CC3)c1C(F)(F)F. The van der Waals surface area contributed by atoms with Crippen LogP contribution in [0, 0.1) is 16.7 Å². The van der Waals surface area contributed by atoms with Gasteiger partial charge in [-0.25, -0.2) is 0 Å². The van der Waals surface area contributed by atoms with Gasteiger partial charge >= 0.3 is 18.3 Å². The van der Waals surface area contributed by atoms with Crippen LogP contribution in [0.2, 0.25) is 5.02 Å². The van der Waals surface area contributed by atoms with Crippen molar-refractivity contribution in [3.63, 3.8) is 0 Å². The van der Waals surface area contributed by atoms with Crippen molar-refractivity contribution < 1.29 is 45.8 Å². The molecule has 0 saturated heterocycles. The van der Waals surface area contributed by atoms with Crippen molar-refractivity contribution in [1.82, 2.24) is 14.7 Å². The third-order valence-electron chi connectivity index (χ3n) is 11.5. The normalized spacial score (nSPS) is 30.2. The summed E-state index contributed by atoms with van der Waals surface area (Å²) in [5.41, 5.74) is -8.01. The summed E-state index contributed by atoms with van der Waals surface area (Å²) in [7, 11) is 0. The van der Waals surface area contributed by atoms with Gasteiger partial charge in [0.25, 0.3) is 5.91 Å². The monoisotopic (exact) mass is 659 g/mol. The Morgan fingerprint density at radius 3 is 2.13 bits per heavy atom. The molecule has 45 heavy (non-hydrogen) atoms. The first-order valence-electron chi connectivity index (χ1n) is 14.9. The number of alkyl halides is 6. The van der Waals surface area contributed by atoms with E-state index in [2.05, 4.69) is 5.10 Å². The number of carbonyl (C=O) groups excluding carboxylic acids is 2. The maximum Gasteiger partial charge on any atom is 0.433 e. The van der Waals surface area contributed by atoms with E-state index in [-0.39, 0.29) is 44.4 Å². The second kappa shape index (κ2) is 9.95. The maximum atomic E-state index is 14.9. The number of nitrogens with zero attached hydrogens (tertiary/aromatic N) is 3. The van der Waals surface area contributed by atoms with Crippen molar-refractivity contribution in [2.24, 2.45) is 16.7 Å². The molecule has 7 nitrogen and oxygen atoms in total. The Labute approximate surface area is 259 Å². The lowest BCUT2D eigenvalue weighted by molar-refractivity contribution is -0.163. The number of benzene rings is 1. The van der Waals surface area contributed by atoms with E-state index in [1.165, 1.54) is 0 Å².